The molecule has 5 nitrogen and oxygen atoms in total. The highest BCUT2D eigenvalue weighted by molar-refractivity contribution is 7.99. The van der Waals surface area contributed by atoms with E-state index in [1.807, 2.05) is 0 Å². The first-order valence-electron chi connectivity index (χ1n) is 6.71. The Kier molecular flexibility index (Phi) is 7.21. The average molecular weight is 286 g/mol. The molecule has 1 rings (SSSR count). The molecule has 19 heavy (non-hydrogen) atoms. The van der Waals surface area contributed by atoms with Crippen molar-refractivity contribution in [2.45, 2.75) is 50.2 Å². The van der Waals surface area contributed by atoms with Crippen molar-refractivity contribution in [1.82, 2.24) is 5.32 Å². The Morgan fingerprint density at radius 1 is 1.37 bits per heavy atom. The Bertz CT molecular complexity index is 322. The Labute approximate surface area is 118 Å². The lowest BCUT2D eigenvalue weighted by Gasteiger charge is -2.26. The topological polar surface area (TPSA) is 93.4 Å². The van der Waals surface area contributed by atoms with Crippen LogP contribution in [-0.2, 0) is 4.79 Å². The van der Waals surface area contributed by atoms with Gasteiger partial charge < -0.3 is 15.5 Å². The molecule has 0 aromatic heterocycles. The number of thioether (sulfide) groups is 1. The zero-order valence-electron chi connectivity index (χ0n) is 11.1. The summed E-state index contributed by atoms with van der Waals surface area (Å²) in [5.74, 6) is 0.364. The zero-order chi connectivity index (χ0) is 14.1. The van der Waals surface area contributed by atoms with Crippen LogP contribution in [0.5, 0.6) is 0 Å². The van der Waals surface area contributed by atoms with Gasteiger partial charge in [-0.05, 0) is 12.8 Å². The SMILES string of the molecule is N#CC1(NC(=O)CSCC(O)CO)CCCCCC1. The van der Waals surface area contributed by atoms with E-state index in [4.69, 9.17) is 5.11 Å². The van der Waals surface area contributed by atoms with Crippen LogP contribution in [0.2, 0.25) is 0 Å². The van der Waals surface area contributed by atoms with E-state index in [1.165, 1.54) is 11.8 Å². The maximum absolute atomic E-state index is 11.8. The first-order chi connectivity index (χ1) is 9.12. The molecule has 0 saturated heterocycles. The summed E-state index contributed by atoms with van der Waals surface area (Å²) in [6.07, 6.45) is 4.85. The van der Waals surface area contributed by atoms with Gasteiger partial charge in [-0.15, -0.1) is 11.8 Å². The van der Waals surface area contributed by atoms with Crippen LogP contribution < -0.4 is 5.32 Å². The highest BCUT2D eigenvalue weighted by Crippen LogP contribution is 2.26. The number of nitrogens with zero attached hydrogens (tertiary/aromatic N) is 1. The molecule has 1 aliphatic carbocycles. The van der Waals surface area contributed by atoms with E-state index in [2.05, 4.69) is 11.4 Å². The molecule has 3 N–H and O–H groups in total. The molecule has 1 saturated carbocycles. The van der Waals surface area contributed by atoms with E-state index in [0.29, 0.717) is 5.75 Å². The second kappa shape index (κ2) is 8.41. The van der Waals surface area contributed by atoms with E-state index < -0.39 is 11.6 Å². The lowest BCUT2D eigenvalue weighted by molar-refractivity contribution is -0.120. The molecular formula is C13H22N2O3S. The predicted octanol–water partition coefficient (Wildman–Crippen LogP) is 0.806. The third kappa shape index (κ3) is 5.81. The van der Waals surface area contributed by atoms with Crippen LogP contribution in [0.3, 0.4) is 0 Å². The maximum Gasteiger partial charge on any atom is 0.231 e. The first kappa shape index (κ1) is 16.3. The van der Waals surface area contributed by atoms with Gasteiger partial charge in [-0.3, -0.25) is 4.79 Å². The van der Waals surface area contributed by atoms with E-state index in [0.717, 1.165) is 38.5 Å². The maximum atomic E-state index is 11.8. The first-order valence-corrected chi connectivity index (χ1v) is 7.86. The fourth-order valence-electron chi connectivity index (χ4n) is 2.24. The number of carbonyl (C=O) groups excluding carboxylic acids is 1. The summed E-state index contributed by atoms with van der Waals surface area (Å²) in [5.41, 5.74) is -0.705. The van der Waals surface area contributed by atoms with E-state index in [1.54, 1.807) is 0 Å². The molecule has 0 radical (unpaired) electrons. The van der Waals surface area contributed by atoms with Gasteiger partial charge >= 0.3 is 0 Å². The van der Waals surface area contributed by atoms with Crippen LogP contribution in [0.25, 0.3) is 0 Å². The van der Waals surface area contributed by atoms with Gasteiger partial charge in [0.2, 0.25) is 5.91 Å². The van der Waals surface area contributed by atoms with Gasteiger partial charge in [-0.1, -0.05) is 25.7 Å². The van der Waals surface area contributed by atoms with Crippen molar-refractivity contribution in [3.8, 4) is 6.07 Å². The lowest BCUT2D eigenvalue weighted by atomic mass is 9.92. The van der Waals surface area contributed by atoms with Crippen LogP contribution >= 0.6 is 11.8 Å². The zero-order valence-corrected chi connectivity index (χ0v) is 11.9. The normalized spacial score (nSPS) is 20.1. The molecule has 0 aromatic carbocycles. The molecule has 0 aromatic rings. The van der Waals surface area contributed by atoms with Crippen molar-refractivity contribution in [2.24, 2.45) is 0 Å². The van der Waals surface area contributed by atoms with Crippen molar-refractivity contribution in [3.05, 3.63) is 0 Å². The molecule has 0 bridgehead atoms. The summed E-state index contributed by atoms with van der Waals surface area (Å²) in [5, 5.41) is 30.0. The van der Waals surface area contributed by atoms with Crippen LogP contribution in [0.4, 0.5) is 0 Å². The van der Waals surface area contributed by atoms with Gasteiger partial charge in [0.15, 0.2) is 0 Å². The second-order valence-electron chi connectivity index (χ2n) is 5.01. The minimum absolute atomic E-state index is 0.168. The molecule has 1 fully saturated rings. The summed E-state index contributed by atoms with van der Waals surface area (Å²) in [6.45, 7) is -0.295. The molecule has 6 heteroatoms. The van der Waals surface area contributed by atoms with Gasteiger partial charge in [0.05, 0.1) is 24.5 Å². The minimum atomic E-state index is -0.791. The third-order valence-electron chi connectivity index (χ3n) is 3.30. The predicted molar refractivity (Wildman–Crippen MR) is 74.6 cm³/mol. The number of nitrogens with one attached hydrogen (secondary N) is 1. The van der Waals surface area contributed by atoms with Gasteiger partial charge in [-0.2, -0.15) is 5.26 Å². The summed E-state index contributed by atoms with van der Waals surface area (Å²) >= 11 is 1.27. The van der Waals surface area contributed by atoms with Gasteiger partial charge in [0, 0.05) is 5.75 Å². The second-order valence-corrected chi connectivity index (χ2v) is 6.04. The molecule has 108 valence electrons. The van der Waals surface area contributed by atoms with Crippen LogP contribution in [-0.4, -0.2) is 45.9 Å². The minimum Gasteiger partial charge on any atom is -0.394 e. The number of aliphatic hydroxyl groups is 2. The van der Waals surface area contributed by atoms with Crippen molar-refractivity contribution in [2.75, 3.05) is 18.1 Å². The fraction of sp³-hybridized carbons (Fsp3) is 0.846. The van der Waals surface area contributed by atoms with E-state index in [-0.39, 0.29) is 18.3 Å². The molecule has 1 unspecified atom stereocenters. The molecule has 0 heterocycles. The average Bonchev–Trinajstić information content (AvgIpc) is 2.64. The number of rotatable bonds is 6. The lowest BCUT2D eigenvalue weighted by Crippen LogP contribution is -2.47. The quantitative estimate of drug-likeness (QED) is 0.628. The number of nitriles is 1. The molecule has 1 atom stereocenters. The number of carbonyl (C=O) groups is 1. The fourth-order valence-corrected chi connectivity index (χ4v) is 2.99. The Hall–Kier alpha value is -0.770. The van der Waals surface area contributed by atoms with Crippen LogP contribution in [0.1, 0.15) is 38.5 Å². The number of amides is 1. The Balaban J connectivity index is 2.38. The largest absolute Gasteiger partial charge is 0.394 e. The summed E-state index contributed by atoms with van der Waals surface area (Å²) < 4.78 is 0. The van der Waals surface area contributed by atoms with Crippen LogP contribution in [0, 0.1) is 11.3 Å². The number of hydrogen-bond acceptors (Lipinski definition) is 5. The Morgan fingerprint density at radius 3 is 2.53 bits per heavy atom. The van der Waals surface area contributed by atoms with E-state index in [9.17, 15) is 15.2 Å². The summed E-state index contributed by atoms with van der Waals surface area (Å²) in [6, 6.07) is 2.27. The standard InChI is InChI=1S/C13H22N2O3S/c14-10-13(5-3-1-2-4-6-13)15-12(18)9-19-8-11(17)7-16/h11,16-17H,1-9H2,(H,15,18). The highest BCUT2D eigenvalue weighted by Gasteiger charge is 2.32. The number of hydrogen-bond donors (Lipinski definition) is 3. The van der Waals surface area contributed by atoms with Crippen molar-refractivity contribution in [3.63, 3.8) is 0 Å². The van der Waals surface area contributed by atoms with E-state index >= 15 is 0 Å². The summed E-state index contributed by atoms with van der Waals surface area (Å²) in [7, 11) is 0. The smallest absolute Gasteiger partial charge is 0.231 e. The van der Waals surface area contributed by atoms with Crippen LogP contribution in [0.15, 0.2) is 0 Å². The highest BCUT2D eigenvalue weighted by atomic mass is 32.2. The molecule has 1 amide bonds. The molecule has 0 spiro atoms. The van der Waals surface area contributed by atoms with Crippen molar-refractivity contribution < 1.29 is 15.0 Å². The van der Waals surface area contributed by atoms with Gasteiger partial charge in [0.1, 0.15) is 5.54 Å². The molecule has 1 aliphatic rings. The molecule has 0 aliphatic heterocycles. The summed E-state index contributed by atoms with van der Waals surface area (Å²) in [4.78, 5) is 11.8. The van der Waals surface area contributed by atoms with Gasteiger partial charge in [0.25, 0.3) is 0 Å². The van der Waals surface area contributed by atoms with Crippen molar-refractivity contribution in [1.29, 1.82) is 5.26 Å². The third-order valence-corrected chi connectivity index (χ3v) is 4.39. The Morgan fingerprint density at radius 2 is 2.00 bits per heavy atom. The monoisotopic (exact) mass is 286 g/mol. The van der Waals surface area contributed by atoms with Crippen molar-refractivity contribution >= 4 is 17.7 Å². The van der Waals surface area contributed by atoms with Gasteiger partial charge in [-0.25, -0.2) is 0 Å². The molecular weight excluding hydrogens is 264 g/mol. The number of aliphatic hydroxyl groups excluding tert-OH is 2.